The van der Waals surface area contributed by atoms with Crippen molar-refractivity contribution in [3.63, 3.8) is 0 Å². The van der Waals surface area contributed by atoms with Gasteiger partial charge in [-0.1, -0.05) is 27.2 Å². The molecule has 0 bridgehead atoms. The van der Waals surface area contributed by atoms with E-state index >= 15 is 0 Å². The lowest BCUT2D eigenvalue weighted by Gasteiger charge is -2.10. The predicted molar refractivity (Wildman–Crippen MR) is 102 cm³/mol. The molecule has 7 heteroatoms. The zero-order valence-corrected chi connectivity index (χ0v) is 16.0. The van der Waals surface area contributed by atoms with Crippen molar-refractivity contribution in [1.29, 1.82) is 0 Å². The van der Waals surface area contributed by atoms with Crippen molar-refractivity contribution in [2.45, 2.75) is 19.8 Å². The highest BCUT2D eigenvalue weighted by Gasteiger charge is 2.12. The summed E-state index contributed by atoms with van der Waals surface area (Å²) in [5.41, 5.74) is 2.55. The van der Waals surface area contributed by atoms with Crippen LogP contribution in [0.5, 0.6) is 5.75 Å². The molecule has 26 heavy (non-hydrogen) atoms. The number of amides is 1. The summed E-state index contributed by atoms with van der Waals surface area (Å²) in [6.07, 6.45) is 0.600. The van der Waals surface area contributed by atoms with Gasteiger partial charge in [0.2, 0.25) is 17.6 Å². The van der Waals surface area contributed by atoms with Crippen molar-refractivity contribution in [1.82, 2.24) is 10.1 Å². The minimum Gasteiger partial charge on any atom is -0.495 e. The number of anilines is 1. The number of carbonyl (C=O) groups excluding carboxylic acids is 1. The lowest BCUT2D eigenvalue weighted by Crippen LogP contribution is -2.13. The molecule has 1 amide bonds. The fraction of sp³-hybridized carbons (Fsp3) is 0.211. The van der Waals surface area contributed by atoms with Gasteiger partial charge in [0.15, 0.2) is 0 Å². The second-order valence-corrected chi connectivity index (χ2v) is 6.69. The highest BCUT2D eigenvalue weighted by Crippen LogP contribution is 2.25. The Morgan fingerprint density at radius 3 is 2.73 bits per heavy atom. The van der Waals surface area contributed by atoms with E-state index in [9.17, 15) is 4.79 Å². The zero-order valence-electron chi connectivity index (χ0n) is 14.5. The molecule has 0 unspecified atom stereocenters. The van der Waals surface area contributed by atoms with Gasteiger partial charge in [0, 0.05) is 22.9 Å². The van der Waals surface area contributed by atoms with Gasteiger partial charge in [-0.15, -0.1) is 0 Å². The van der Waals surface area contributed by atoms with E-state index in [4.69, 9.17) is 9.26 Å². The van der Waals surface area contributed by atoms with Gasteiger partial charge in [0.05, 0.1) is 12.8 Å². The molecule has 1 heterocycles. The fourth-order valence-electron chi connectivity index (χ4n) is 2.43. The number of ether oxygens (including phenoxy) is 1. The van der Waals surface area contributed by atoms with E-state index in [0.717, 1.165) is 15.6 Å². The lowest BCUT2D eigenvalue weighted by molar-refractivity contribution is -0.116. The van der Waals surface area contributed by atoms with Gasteiger partial charge in [0.25, 0.3) is 0 Å². The summed E-state index contributed by atoms with van der Waals surface area (Å²) in [5.74, 6) is 1.42. The first-order chi connectivity index (χ1) is 12.5. The van der Waals surface area contributed by atoms with Gasteiger partial charge in [-0.25, -0.2) is 0 Å². The topological polar surface area (TPSA) is 77.2 Å². The maximum Gasteiger partial charge on any atom is 0.227 e. The van der Waals surface area contributed by atoms with E-state index < -0.39 is 0 Å². The van der Waals surface area contributed by atoms with Crippen molar-refractivity contribution < 1.29 is 14.1 Å². The Balaban J connectivity index is 1.60. The van der Waals surface area contributed by atoms with Crippen molar-refractivity contribution >= 4 is 27.5 Å². The smallest absolute Gasteiger partial charge is 0.227 e. The summed E-state index contributed by atoms with van der Waals surface area (Å²) in [4.78, 5) is 16.6. The molecule has 3 rings (SSSR count). The predicted octanol–water partition coefficient (Wildman–Crippen LogP) is 4.39. The van der Waals surface area contributed by atoms with Crippen LogP contribution in [0.4, 0.5) is 5.69 Å². The molecule has 0 saturated carbocycles. The molecule has 0 radical (unpaired) electrons. The molecule has 0 aliphatic carbocycles. The average molecular weight is 416 g/mol. The number of hydrogen-bond donors (Lipinski definition) is 1. The molecule has 1 aromatic heterocycles. The van der Waals surface area contributed by atoms with Crippen LogP contribution < -0.4 is 10.1 Å². The normalized spacial score (nSPS) is 10.6. The van der Waals surface area contributed by atoms with Crippen molar-refractivity contribution in [2.24, 2.45) is 0 Å². The molecule has 0 aliphatic heterocycles. The molecular weight excluding hydrogens is 398 g/mol. The third-order valence-electron chi connectivity index (χ3n) is 3.77. The summed E-state index contributed by atoms with van der Waals surface area (Å²) >= 11 is 3.39. The summed E-state index contributed by atoms with van der Waals surface area (Å²) in [5, 5.41) is 6.82. The molecule has 1 N–H and O–H groups in total. The molecule has 3 aromatic rings. The van der Waals surface area contributed by atoms with Crippen LogP contribution in [0.3, 0.4) is 0 Å². The van der Waals surface area contributed by atoms with Gasteiger partial charge in [-0.05, 0) is 48.9 Å². The van der Waals surface area contributed by atoms with Crippen molar-refractivity contribution in [3.05, 3.63) is 58.4 Å². The number of aryl methyl sites for hydroxylation is 2. The molecule has 0 aliphatic rings. The number of benzene rings is 2. The monoisotopic (exact) mass is 415 g/mol. The first-order valence-electron chi connectivity index (χ1n) is 8.08. The first-order valence-corrected chi connectivity index (χ1v) is 8.87. The van der Waals surface area contributed by atoms with Gasteiger partial charge in [0.1, 0.15) is 5.75 Å². The number of halogens is 1. The molecule has 0 fully saturated rings. The molecule has 0 spiro atoms. The molecule has 134 valence electrons. The number of hydrogen-bond acceptors (Lipinski definition) is 5. The lowest BCUT2D eigenvalue weighted by atomic mass is 10.2. The number of carbonyl (C=O) groups is 1. The van der Waals surface area contributed by atoms with E-state index in [-0.39, 0.29) is 12.3 Å². The third kappa shape index (κ3) is 4.49. The summed E-state index contributed by atoms with van der Waals surface area (Å²) in [7, 11) is 1.57. The SMILES string of the molecule is COc1ccc(C)cc1NC(=O)CCc1nc(-c2ccc(Br)cc2)no1. The van der Waals surface area contributed by atoms with E-state index in [0.29, 0.717) is 29.6 Å². The minimum absolute atomic E-state index is 0.141. The summed E-state index contributed by atoms with van der Waals surface area (Å²) < 4.78 is 11.5. The van der Waals surface area contributed by atoms with Crippen LogP contribution >= 0.6 is 15.9 Å². The number of rotatable bonds is 6. The van der Waals surface area contributed by atoms with Gasteiger partial charge in [-0.3, -0.25) is 4.79 Å². The molecule has 0 saturated heterocycles. The van der Waals surface area contributed by atoms with Crippen LogP contribution in [0.15, 0.2) is 51.5 Å². The molecule has 2 aromatic carbocycles. The Morgan fingerprint density at radius 2 is 2.00 bits per heavy atom. The molecule has 0 atom stereocenters. The maximum absolute atomic E-state index is 12.2. The van der Waals surface area contributed by atoms with Gasteiger partial charge >= 0.3 is 0 Å². The first kappa shape index (κ1) is 18.1. The second-order valence-electron chi connectivity index (χ2n) is 5.77. The van der Waals surface area contributed by atoms with Crippen LogP contribution in [-0.2, 0) is 11.2 Å². The number of methoxy groups -OCH3 is 1. The third-order valence-corrected chi connectivity index (χ3v) is 4.29. The van der Waals surface area contributed by atoms with E-state index in [2.05, 4.69) is 31.4 Å². The largest absolute Gasteiger partial charge is 0.495 e. The quantitative estimate of drug-likeness (QED) is 0.645. The zero-order chi connectivity index (χ0) is 18.5. The number of aromatic nitrogens is 2. The highest BCUT2D eigenvalue weighted by molar-refractivity contribution is 9.10. The highest BCUT2D eigenvalue weighted by atomic mass is 79.9. The standard InChI is InChI=1S/C19H18BrN3O3/c1-12-3-8-16(25-2)15(11-12)21-17(24)9-10-18-22-19(23-26-18)13-4-6-14(20)7-5-13/h3-8,11H,9-10H2,1-2H3,(H,21,24). The fourth-order valence-corrected chi connectivity index (χ4v) is 2.69. The molecular formula is C19H18BrN3O3. The van der Waals surface area contributed by atoms with Crippen LogP contribution in [0.1, 0.15) is 17.9 Å². The van der Waals surface area contributed by atoms with E-state index in [1.165, 1.54) is 0 Å². The van der Waals surface area contributed by atoms with Crippen molar-refractivity contribution in [2.75, 3.05) is 12.4 Å². The Morgan fingerprint density at radius 1 is 1.23 bits per heavy atom. The van der Waals surface area contributed by atoms with Crippen LogP contribution in [-0.4, -0.2) is 23.2 Å². The summed E-state index contributed by atoms with van der Waals surface area (Å²) in [6, 6.07) is 13.2. The molecule has 6 nitrogen and oxygen atoms in total. The van der Waals surface area contributed by atoms with E-state index in [1.807, 2.05) is 49.4 Å². The summed E-state index contributed by atoms with van der Waals surface area (Å²) in [6.45, 7) is 1.96. The number of nitrogens with one attached hydrogen (secondary N) is 1. The maximum atomic E-state index is 12.2. The van der Waals surface area contributed by atoms with Crippen LogP contribution in [0, 0.1) is 6.92 Å². The Hall–Kier alpha value is -2.67. The van der Waals surface area contributed by atoms with E-state index in [1.54, 1.807) is 7.11 Å². The van der Waals surface area contributed by atoms with Crippen molar-refractivity contribution in [3.8, 4) is 17.1 Å². The van der Waals surface area contributed by atoms with Gasteiger partial charge < -0.3 is 14.6 Å². The van der Waals surface area contributed by atoms with Crippen LogP contribution in [0.2, 0.25) is 0 Å². The second kappa shape index (κ2) is 8.14. The number of nitrogens with zero attached hydrogens (tertiary/aromatic N) is 2. The Bertz CT molecular complexity index is 907. The minimum atomic E-state index is -0.141. The van der Waals surface area contributed by atoms with Gasteiger partial charge in [-0.2, -0.15) is 4.98 Å². The van der Waals surface area contributed by atoms with Crippen LogP contribution in [0.25, 0.3) is 11.4 Å². The Labute approximate surface area is 159 Å². The Kier molecular flexibility index (Phi) is 5.68. The average Bonchev–Trinajstić information content (AvgIpc) is 3.10.